The average molecular weight is 783 g/mol. The van der Waals surface area contributed by atoms with Crippen molar-refractivity contribution < 1.29 is 61.5 Å². The number of hydrogen-bond acceptors (Lipinski definition) is 13. The molecule has 2 atom stereocenters. The van der Waals surface area contributed by atoms with E-state index in [9.17, 15) is 19.2 Å². The summed E-state index contributed by atoms with van der Waals surface area (Å²) in [5.41, 5.74) is 1.87. The zero-order valence-electron chi connectivity index (χ0n) is 31.7. The zero-order valence-corrected chi connectivity index (χ0v) is 32.4. The van der Waals surface area contributed by atoms with E-state index in [4.69, 9.17) is 53.9 Å². The number of ether oxygens (including phenoxy) is 8. The number of carbonyl (C=O) groups excluding carboxylic acids is 4. The molecular weight excluding hydrogens is 740 g/mol. The van der Waals surface area contributed by atoms with Crippen LogP contribution in [0.25, 0.3) is 11.0 Å². The second kappa shape index (κ2) is 17.4. The van der Waals surface area contributed by atoms with E-state index in [0.29, 0.717) is 44.4 Å². The van der Waals surface area contributed by atoms with E-state index in [1.54, 1.807) is 48.5 Å². The Hall–Kier alpha value is -5.35. The van der Waals surface area contributed by atoms with E-state index in [1.165, 1.54) is 53.4 Å². The van der Waals surface area contributed by atoms with Crippen LogP contribution in [0.15, 0.2) is 59.0 Å². The third-order valence-corrected chi connectivity index (χ3v) is 8.98. The third-order valence-electron chi connectivity index (χ3n) is 8.74. The molecule has 55 heavy (non-hydrogen) atoms. The summed E-state index contributed by atoms with van der Waals surface area (Å²) in [7, 11) is 6.91. The van der Waals surface area contributed by atoms with E-state index in [2.05, 4.69) is 5.32 Å². The zero-order chi connectivity index (χ0) is 40.0. The van der Waals surface area contributed by atoms with Gasteiger partial charge in [-0.3, -0.25) is 14.4 Å². The lowest BCUT2D eigenvalue weighted by Crippen LogP contribution is -2.53. The maximum absolute atomic E-state index is 14.8. The number of carbonyl (C=O) groups is 4. The highest BCUT2D eigenvalue weighted by atomic mass is 35.5. The molecule has 294 valence electrons. The van der Waals surface area contributed by atoms with Crippen molar-refractivity contribution in [2.45, 2.75) is 51.3 Å². The van der Waals surface area contributed by atoms with E-state index in [-0.39, 0.29) is 36.3 Å². The van der Waals surface area contributed by atoms with Crippen molar-refractivity contribution in [3.8, 4) is 17.2 Å². The van der Waals surface area contributed by atoms with Gasteiger partial charge in [0.05, 0.1) is 46.1 Å². The molecule has 16 heteroatoms. The van der Waals surface area contributed by atoms with Crippen LogP contribution in [0.4, 0.5) is 11.4 Å². The maximum Gasteiger partial charge on any atom is 0.373 e. The molecule has 5 rings (SSSR count). The van der Waals surface area contributed by atoms with Gasteiger partial charge >= 0.3 is 11.9 Å². The largest absolute Gasteiger partial charge is 0.493 e. The molecule has 3 aromatic carbocycles. The van der Waals surface area contributed by atoms with E-state index >= 15 is 0 Å². The van der Waals surface area contributed by atoms with Gasteiger partial charge in [-0.15, -0.1) is 0 Å². The Morgan fingerprint density at radius 2 is 1.69 bits per heavy atom. The lowest BCUT2D eigenvalue weighted by molar-refractivity contribution is -0.227. The number of para-hydroxylation sites is 1. The maximum atomic E-state index is 14.8. The number of esters is 2. The standard InChI is InChI=1S/C39H43ClN2O13/c1-21(2)53-30-17-25(14-23-15-32(38(46)49-6)55-34(23)30)41-33(44)18-31-37(45)42(19-39(50-7,51-8)20-52-22(3)43)28-13-12-24(40)16-27(28)35(54-31)26-10-9-11-29(47-4)36(26)48-5/h9-17,21,31,35H,18-20H2,1-8H3,(H,41,44)/t31-,35-/m1/s1. The van der Waals surface area contributed by atoms with Gasteiger partial charge in [-0.2, -0.15) is 0 Å². The Morgan fingerprint density at radius 3 is 2.33 bits per heavy atom. The minimum atomic E-state index is -1.63. The highest BCUT2D eigenvalue weighted by Gasteiger charge is 2.44. The number of methoxy groups -OCH3 is 5. The van der Waals surface area contributed by atoms with Crippen molar-refractivity contribution in [2.24, 2.45) is 0 Å². The molecule has 1 N–H and O–H groups in total. The molecule has 0 bridgehead atoms. The Bertz CT molecular complexity index is 2060. The predicted octanol–water partition coefficient (Wildman–Crippen LogP) is 6.08. The van der Waals surface area contributed by atoms with Crippen LogP contribution < -0.4 is 24.4 Å². The van der Waals surface area contributed by atoms with Crippen LogP contribution in [0.2, 0.25) is 5.02 Å². The van der Waals surface area contributed by atoms with E-state index in [1.807, 2.05) is 13.8 Å². The minimum absolute atomic E-state index is 0.0531. The van der Waals surface area contributed by atoms with Gasteiger partial charge in [0.25, 0.3) is 5.91 Å². The lowest BCUT2D eigenvalue weighted by atomic mass is 9.97. The van der Waals surface area contributed by atoms with E-state index in [0.717, 1.165) is 0 Å². The molecule has 1 aliphatic heterocycles. The molecule has 0 spiro atoms. The van der Waals surface area contributed by atoms with Gasteiger partial charge in [-0.05, 0) is 50.2 Å². The monoisotopic (exact) mass is 782 g/mol. The summed E-state index contributed by atoms with van der Waals surface area (Å²) in [6, 6.07) is 14.7. The van der Waals surface area contributed by atoms with Crippen LogP contribution in [-0.2, 0) is 38.1 Å². The fourth-order valence-electron chi connectivity index (χ4n) is 6.17. The summed E-state index contributed by atoms with van der Waals surface area (Å²) in [5.74, 6) is -3.19. The predicted molar refractivity (Wildman–Crippen MR) is 200 cm³/mol. The molecule has 0 radical (unpaired) electrons. The van der Waals surface area contributed by atoms with Crippen LogP contribution in [0.3, 0.4) is 0 Å². The first kappa shape index (κ1) is 40.8. The molecule has 1 aliphatic rings. The number of furan rings is 1. The van der Waals surface area contributed by atoms with Gasteiger partial charge in [0.2, 0.25) is 17.5 Å². The van der Waals surface area contributed by atoms with Crippen molar-refractivity contribution in [3.05, 3.63) is 76.5 Å². The smallest absolute Gasteiger partial charge is 0.373 e. The lowest BCUT2D eigenvalue weighted by Gasteiger charge is -2.36. The minimum Gasteiger partial charge on any atom is -0.493 e. The molecule has 0 fully saturated rings. The Morgan fingerprint density at radius 1 is 0.945 bits per heavy atom. The first-order chi connectivity index (χ1) is 26.3. The van der Waals surface area contributed by atoms with Gasteiger partial charge in [-0.25, -0.2) is 4.79 Å². The Kier molecular flexibility index (Phi) is 12.9. The van der Waals surface area contributed by atoms with Crippen LogP contribution in [0, 0.1) is 0 Å². The highest BCUT2D eigenvalue weighted by Crippen LogP contribution is 2.46. The van der Waals surface area contributed by atoms with Crippen molar-refractivity contribution in [1.29, 1.82) is 0 Å². The summed E-state index contributed by atoms with van der Waals surface area (Å²) in [6.45, 7) is 4.21. The second-order valence-corrected chi connectivity index (χ2v) is 13.2. The molecule has 0 saturated heterocycles. The number of rotatable bonds is 15. The Balaban J connectivity index is 1.59. The molecule has 2 amide bonds. The fraction of sp³-hybridized carbons (Fsp3) is 0.385. The number of hydrogen-bond donors (Lipinski definition) is 1. The van der Waals surface area contributed by atoms with Gasteiger partial charge in [0.1, 0.15) is 18.8 Å². The van der Waals surface area contributed by atoms with Crippen molar-refractivity contribution in [3.63, 3.8) is 0 Å². The summed E-state index contributed by atoms with van der Waals surface area (Å²) in [5, 5.41) is 3.63. The Labute approximate surface area is 322 Å². The normalized spacial score (nSPS) is 15.7. The SMILES string of the molecule is COC(=O)c1cc2cc(NC(=O)C[C@H]3O[C@H](c4cccc(OC)c4OC)c4cc(Cl)ccc4N(CC(COC(C)=O)(OC)OC)C3=O)cc(OC(C)C)c2o1. The van der Waals surface area contributed by atoms with Gasteiger partial charge in [0.15, 0.2) is 22.8 Å². The quantitative estimate of drug-likeness (QED) is 0.109. The topological polar surface area (TPSA) is 171 Å². The fourth-order valence-corrected chi connectivity index (χ4v) is 6.35. The van der Waals surface area contributed by atoms with Crippen LogP contribution >= 0.6 is 11.6 Å². The van der Waals surface area contributed by atoms with Gasteiger partial charge < -0.3 is 52.5 Å². The van der Waals surface area contributed by atoms with Crippen molar-refractivity contribution in [1.82, 2.24) is 0 Å². The first-order valence-electron chi connectivity index (χ1n) is 17.1. The summed E-state index contributed by atoms with van der Waals surface area (Å²) < 4.78 is 51.2. The molecule has 0 aliphatic carbocycles. The molecular formula is C39H43ClN2O13. The molecule has 15 nitrogen and oxygen atoms in total. The molecule has 2 heterocycles. The number of amides is 2. The molecule has 4 aromatic rings. The van der Waals surface area contributed by atoms with Gasteiger partial charge in [0, 0.05) is 54.4 Å². The summed E-state index contributed by atoms with van der Waals surface area (Å²) in [4.78, 5) is 54.2. The summed E-state index contributed by atoms with van der Waals surface area (Å²) in [6.07, 6.45) is -3.21. The number of anilines is 2. The second-order valence-electron chi connectivity index (χ2n) is 12.7. The average Bonchev–Trinajstić information content (AvgIpc) is 3.56. The molecule has 0 saturated carbocycles. The van der Waals surface area contributed by atoms with Gasteiger partial charge in [-0.1, -0.05) is 23.7 Å². The highest BCUT2D eigenvalue weighted by molar-refractivity contribution is 6.30. The third kappa shape index (κ3) is 8.97. The number of nitrogens with zero attached hydrogens (tertiary/aromatic N) is 1. The molecule has 0 unspecified atom stereocenters. The van der Waals surface area contributed by atoms with Crippen molar-refractivity contribution in [2.75, 3.05) is 58.9 Å². The summed E-state index contributed by atoms with van der Waals surface area (Å²) >= 11 is 6.57. The first-order valence-corrected chi connectivity index (χ1v) is 17.5. The molecule has 1 aromatic heterocycles. The number of fused-ring (bicyclic) bond motifs is 2. The van der Waals surface area contributed by atoms with Crippen LogP contribution in [-0.4, -0.2) is 90.4 Å². The van der Waals surface area contributed by atoms with Crippen LogP contribution in [0.1, 0.15) is 55.0 Å². The van der Waals surface area contributed by atoms with Crippen LogP contribution in [0.5, 0.6) is 17.2 Å². The van der Waals surface area contributed by atoms with Crippen molar-refractivity contribution >= 4 is 57.7 Å². The number of halogens is 1. The van der Waals surface area contributed by atoms with E-state index < -0.39 is 48.2 Å². The number of benzene rings is 3. The number of nitrogens with one attached hydrogen (secondary N) is 1.